The second kappa shape index (κ2) is 6.00. The van der Waals surface area contributed by atoms with Crippen LogP contribution < -0.4 is 10.1 Å². The number of nitrogens with one attached hydrogen (secondary N) is 1. The minimum atomic E-state index is -1.04. The molecule has 0 radical (unpaired) electrons. The third-order valence-electron chi connectivity index (χ3n) is 2.83. The van der Waals surface area contributed by atoms with E-state index in [1.165, 1.54) is 42.0 Å². The zero-order valence-electron chi connectivity index (χ0n) is 10.6. The highest BCUT2D eigenvalue weighted by atomic mass is 32.2. The molecule has 0 spiro atoms. The molecule has 1 fully saturated rings. The third-order valence-corrected chi connectivity index (χ3v) is 3.84. The number of carboxylic acids is 1. The number of carboxylic acid groups (broad SMARTS) is 1. The van der Waals surface area contributed by atoms with Crippen LogP contribution in [0.5, 0.6) is 5.75 Å². The minimum absolute atomic E-state index is 0.00776. The van der Waals surface area contributed by atoms with Crippen molar-refractivity contribution in [3.63, 3.8) is 0 Å². The average Bonchev–Trinajstić information content (AvgIpc) is 2.90. The number of carbonyl (C=O) groups excluding carboxylic acids is 1. The lowest BCUT2D eigenvalue weighted by atomic mass is 10.3. The van der Waals surface area contributed by atoms with E-state index in [0.29, 0.717) is 17.3 Å². The number of nitrogens with zero attached hydrogens (tertiary/aromatic N) is 1. The Balaban J connectivity index is 2.09. The van der Waals surface area contributed by atoms with Crippen molar-refractivity contribution in [2.75, 3.05) is 24.1 Å². The lowest BCUT2D eigenvalue weighted by Gasteiger charge is -2.21. The summed E-state index contributed by atoms with van der Waals surface area (Å²) in [6.45, 7) is 0. The first-order chi connectivity index (χ1) is 9.52. The van der Waals surface area contributed by atoms with Gasteiger partial charge in [-0.15, -0.1) is 11.8 Å². The Kier molecular flexibility index (Phi) is 4.33. The van der Waals surface area contributed by atoms with E-state index < -0.39 is 23.9 Å². The number of methoxy groups -OCH3 is 1. The Labute approximate surface area is 118 Å². The summed E-state index contributed by atoms with van der Waals surface area (Å²) in [5.41, 5.74) is 0.342. The number of hydrogen-bond donors (Lipinski definition) is 2. The molecule has 1 aliphatic heterocycles. The summed E-state index contributed by atoms with van der Waals surface area (Å²) in [5.74, 6) is -0.905. The highest BCUT2D eigenvalue weighted by Crippen LogP contribution is 2.24. The molecule has 1 aliphatic rings. The molecule has 8 heteroatoms. The number of carbonyl (C=O) groups is 2. The Hall–Kier alpha value is -1.96. The Morgan fingerprint density at radius 1 is 1.55 bits per heavy atom. The molecule has 1 aromatic rings. The van der Waals surface area contributed by atoms with Gasteiger partial charge in [-0.05, 0) is 12.1 Å². The highest BCUT2D eigenvalue weighted by molar-refractivity contribution is 7.99. The standard InChI is InChI=1S/C12H13FN2O4S/c1-19-10-4-7(2-3-8(10)13)14-12(18)15-6-20-5-9(15)11(16)17/h2-4,9H,5-6H2,1H3,(H,14,18)(H,16,17). The molecular weight excluding hydrogens is 287 g/mol. The second-order valence-electron chi connectivity index (χ2n) is 4.10. The molecule has 108 valence electrons. The Bertz CT molecular complexity index is 540. The number of thioether (sulfide) groups is 1. The SMILES string of the molecule is COc1cc(NC(=O)N2CSCC2C(=O)O)ccc1F. The van der Waals surface area contributed by atoms with Crippen molar-refractivity contribution in [3.8, 4) is 5.75 Å². The van der Waals surface area contributed by atoms with E-state index >= 15 is 0 Å². The molecule has 0 bridgehead atoms. The number of hydrogen-bond acceptors (Lipinski definition) is 4. The summed E-state index contributed by atoms with van der Waals surface area (Å²) in [6.07, 6.45) is 0. The smallest absolute Gasteiger partial charge is 0.327 e. The normalized spacial score (nSPS) is 17.9. The molecule has 1 atom stereocenters. The van der Waals surface area contributed by atoms with E-state index in [1.807, 2.05) is 0 Å². The fourth-order valence-corrected chi connectivity index (χ4v) is 2.93. The molecule has 1 saturated heterocycles. The van der Waals surface area contributed by atoms with Crippen molar-refractivity contribution < 1.29 is 23.8 Å². The van der Waals surface area contributed by atoms with Gasteiger partial charge in [-0.2, -0.15) is 0 Å². The van der Waals surface area contributed by atoms with Gasteiger partial charge in [0, 0.05) is 17.5 Å². The molecule has 0 saturated carbocycles. The number of ether oxygens (including phenoxy) is 1. The van der Waals surface area contributed by atoms with E-state index in [0.717, 1.165) is 0 Å². The van der Waals surface area contributed by atoms with E-state index in [9.17, 15) is 14.0 Å². The lowest BCUT2D eigenvalue weighted by molar-refractivity contribution is -0.140. The van der Waals surface area contributed by atoms with Crippen LogP contribution in [0.2, 0.25) is 0 Å². The van der Waals surface area contributed by atoms with E-state index in [1.54, 1.807) is 0 Å². The minimum Gasteiger partial charge on any atom is -0.494 e. The molecule has 0 aromatic heterocycles. The monoisotopic (exact) mass is 300 g/mol. The summed E-state index contributed by atoms with van der Waals surface area (Å²) >= 11 is 1.37. The van der Waals surface area contributed by atoms with Gasteiger partial charge in [-0.25, -0.2) is 14.0 Å². The molecule has 1 heterocycles. The predicted octanol–water partition coefficient (Wildman–Crippen LogP) is 1.83. The van der Waals surface area contributed by atoms with Crippen LogP contribution in [-0.4, -0.2) is 46.8 Å². The summed E-state index contributed by atoms with van der Waals surface area (Å²) in [7, 11) is 1.32. The predicted molar refractivity (Wildman–Crippen MR) is 72.6 cm³/mol. The van der Waals surface area contributed by atoms with E-state index in [4.69, 9.17) is 9.84 Å². The largest absolute Gasteiger partial charge is 0.494 e. The Morgan fingerprint density at radius 3 is 2.95 bits per heavy atom. The van der Waals surface area contributed by atoms with Crippen molar-refractivity contribution in [3.05, 3.63) is 24.0 Å². The van der Waals surface area contributed by atoms with Gasteiger partial charge >= 0.3 is 12.0 Å². The first kappa shape index (κ1) is 14.4. The van der Waals surface area contributed by atoms with E-state index in [2.05, 4.69) is 5.32 Å². The van der Waals surface area contributed by atoms with Crippen LogP contribution in [0.4, 0.5) is 14.9 Å². The van der Waals surface area contributed by atoms with E-state index in [-0.39, 0.29) is 5.75 Å². The van der Waals surface area contributed by atoms with Gasteiger partial charge < -0.3 is 20.1 Å². The number of amides is 2. The molecule has 2 amide bonds. The van der Waals surface area contributed by atoms with Crippen LogP contribution >= 0.6 is 11.8 Å². The zero-order chi connectivity index (χ0) is 14.7. The van der Waals surface area contributed by atoms with Crippen LogP contribution in [0.1, 0.15) is 0 Å². The molecule has 6 nitrogen and oxygen atoms in total. The number of anilines is 1. The molecule has 1 unspecified atom stereocenters. The van der Waals surface area contributed by atoms with Gasteiger partial charge in [-0.1, -0.05) is 0 Å². The zero-order valence-corrected chi connectivity index (χ0v) is 11.4. The second-order valence-corrected chi connectivity index (χ2v) is 5.10. The van der Waals surface area contributed by atoms with Crippen LogP contribution in [-0.2, 0) is 4.79 Å². The first-order valence-corrected chi connectivity index (χ1v) is 6.90. The van der Waals surface area contributed by atoms with Gasteiger partial charge in [-0.3, -0.25) is 0 Å². The summed E-state index contributed by atoms with van der Waals surface area (Å²) in [4.78, 5) is 24.3. The van der Waals surface area contributed by atoms with Crippen molar-refractivity contribution >= 4 is 29.4 Å². The number of halogens is 1. The van der Waals surface area contributed by atoms with Gasteiger partial charge in [0.25, 0.3) is 0 Å². The molecular formula is C12H13FN2O4S. The quantitative estimate of drug-likeness (QED) is 0.890. The maximum Gasteiger partial charge on any atom is 0.327 e. The fourth-order valence-electron chi connectivity index (χ4n) is 1.78. The third kappa shape index (κ3) is 2.96. The molecule has 0 aliphatic carbocycles. The number of urea groups is 1. The molecule has 2 rings (SSSR count). The average molecular weight is 300 g/mol. The van der Waals surface area contributed by atoms with Crippen LogP contribution in [0.15, 0.2) is 18.2 Å². The van der Waals surface area contributed by atoms with Gasteiger partial charge in [0.1, 0.15) is 6.04 Å². The topological polar surface area (TPSA) is 78.9 Å². The number of rotatable bonds is 3. The molecule has 2 N–H and O–H groups in total. The summed E-state index contributed by atoms with van der Waals surface area (Å²) < 4.78 is 18.1. The lowest BCUT2D eigenvalue weighted by Crippen LogP contribution is -2.43. The van der Waals surface area contributed by atoms with Crippen LogP contribution in [0.25, 0.3) is 0 Å². The summed E-state index contributed by atoms with van der Waals surface area (Å²) in [6, 6.07) is 2.52. The highest BCUT2D eigenvalue weighted by Gasteiger charge is 2.34. The molecule has 20 heavy (non-hydrogen) atoms. The fraction of sp³-hybridized carbons (Fsp3) is 0.333. The van der Waals surface area contributed by atoms with Crippen molar-refractivity contribution in [1.29, 1.82) is 0 Å². The maximum atomic E-state index is 13.2. The van der Waals surface area contributed by atoms with Gasteiger partial charge in [0.2, 0.25) is 0 Å². The van der Waals surface area contributed by atoms with Gasteiger partial charge in [0.05, 0.1) is 13.0 Å². The van der Waals surface area contributed by atoms with Crippen LogP contribution in [0, 0.1) is 5.82 Å². The van der Waals surface area contributed by atoms with Crippen molar-refractivity contribution in [2.45, 2.75) is 6.04 Å². The van der Waals surface area contributed by atoms with Crippen molar-refractivity contribution in [1.82, 2.24) is 4.90 Å². The number of benzene rings is 1. The maximum absolute atomic E-state index is 13.2. The van der Waals surface area contributed by atoms with Crippen LogP contribution in [0.3, 0.4) is 0 Å². The molecule has 1 aromatic carbocycles. The van der Waals surface area contributed by atoms with Crippen molar-refractivity contribution in [2.24, 2.45) is 0 Å². The van der Waals surface area contributed by atoms with Gasteiger partial charge in [0.15, 0.2) is 11.6 Å². The number of aliphatic carboxylic acids is 1. The Morgan fingerprint density at radius 2 is 2.30 bits per heavy atom. The first-order valence-electron chi connectivity index (χ1n) is 5.74. The summed E-state index contributed by atoms with van der Waals surface area (Å²) in [5, 5.41) is 11.5.